The number of aryl methyl sites for hydroxylation is 1. The fourth-order valence-electron chi connectivity index (χ4n) is 2.77. The number of amides is 2. The SMILES string of the molecule is O=C(CCc1ccccc1Cl)NC(=S)Nc1cccc(NC(=O)c2ccccc2)c1. The maximum atomic E-state index is 12.3. The summed E-state index contributed by atoms with van der Waals surface area (Å²) in [6.07, 6.45) is 0.786. The van der Waals surface area contributed by atoms with Gasteiger partial charge < -0.3 is 16.0 Å². The van der Waals surface area contributed by atoms with Crippen molar-refractivity contribution in [2.24, 2.45) is 0 Å². The molecule has 30 heavy (non-hydrogen) atoms. The maximum absolute atomic E-state index is 12.3. The molecule has 0 bridgehead atoms. The zero-order valence-corrected chi connectivity index (χ0v) is 17.6. The van der Waals surface area contributed by atoms with Crippen LogP contribution in [0.25, 0.3) is 0 Å². The summed E-state index contributed by atoms with van der Waals surface area (Å²) in [5, 5.41) is 9.27. The zero-order valence-electron chi connectivity index (χ0n) is 16.0. The second-order valence-corrected chi connectivity index (χ2v) is 7.31. The highest BCUT2D eigenvalue weighted by atomic mass is 35.5. The molecule has 0 aliphatic carbocycles. The fourth-order valence-corrected chi connectivity index (χ4v) is 3.23. The van der Waals surface area contributed by atoms with Gasteiger partial charge in [-0.05, 0) is 60.6 Å². The second kappa shape index (κ2) is 10.5. The number of rotatable bonds is 6. The van der Waals surface area contributed by atoms with E-state index in [0.717, 1.165) is 5.56 Å². The molecule has 0 unspecified atom stereocenters. The number of nitrogens with one attached hydrogen (secondary N) is 3. The van der Waals surface area contributed by atoms with Crippen molar-refractivity contribution in [3.63, 3.8) is 0 Å². The first kappa shape index (κ1) is 21.5. The number of benzene rings is 3. The maximum Gasteiger partial charge on any atom is 0.255 e. The molecule has 0 saturated heterocycles. The van der Waals surface area contributed by atoms with Gasteiger partial charge in [-0.2, -0.15) is 0 Å². The molecule has 0 saturated carbocycles. The Balaban J connectivity index is 1.51. The van der Waals surface area contributed by atoms with Crippen LogP contribution >= 0.6 is 23.8 Å². The van der Waals surface area contributed by atoms with E-state index in [4.69, 9.17) is 23.8 Å². The van der Waals surface area contributed by atoms with Gasteiger partial charge in [-0.3, -0.25) is 9.59 Å². The lowest BCUT2D eigenvalue weighted by Crippen LogP contribution is -2.34. The van der Waals surface area contributed by atoms with Crippen molar-refractivity contribution in [2.45, 2.75) is 12.8 Å². The molecular formula is C23H20ClN3O2S. The van der Waals surface area contributed by atoms with Crippen LogP contribution in [0, 0.1) is 0 Å². The van der Waals surface area contributed by atoms with Crippen LogP contribution in [-0.2, 0) is 11.2 Å². The molecule has 0 atom stereocenters. The first-order valence-corrected chi connectivity index (χ1v) is 10.1. The number of halogens is 1. The summed E-state index contributed by atoms with van der Waals surface area (Å²) in [5.41, 5.74) is 2.74. The molecule has 5 nitrogen and oxygen atoms in total. The van der Waals surface area contributed by atoms with Crippen LogP contribution in [0.2, 0.25) is 5.02 Å². The summed E-state index contributed by atoms with van der Waals surface area (Å²) in [6, 6.07) is 23.5. The van der Waals surface area contributed by atoms with Crippen LogP contribution in [0.15, 0.2) is 78.9 Å². The summed E-state index contributed by atoms with van der Waals surface area (Å²) in [6.45, 7) is 0. The van der Waals surface area contributed by atoms with Crippen LogP contribution in [0.5, 0.6) is 0 Å². The van der Waals surface area contributed by atoms with Crippen molar-refractivity contribution in [3.8, 4) is 0 Å². The minimum atomic E-state index is -0.207. The first-order valence-electron chi connectivity index (χ1n) is 9.32. The van der Waals surface area contributed by atoms with Gasteiger partial charge in [0.05, 0.1) is 0 Å². The molecule has 152 valence electrons. The molecule has 0 aromatic heterocycles. The van der Waals surface area contributed by atoms with Gasteiger partial charge in [-0.1, -0.05) is 54.1 Å². The number of hydrogen-bond acceptors (Lipinski definition) is 3. The van der Waals surface area contributed by atoms with E-state index in [0.29, 0.717) is 28.4 Å². The number of hydrogen-bond donors (Lipinski definition) is 3. The van der Waals surface area contributed by atoms with Crippen molar-refractivity contribution in [2.75, 3.05) is 10.6 Å². The van der Waals surface area contributed by atoms with E-state index in [1.807, 2.05) is 24.3 Å². The van der Waals surface area contributed by atoms with Crippen LogP contribution in [-0.4, -0.2) is 16.9 Å². The summed E-state index contributed by atoms with van der Waals surface area (Å²) in [7, 11) is 0. The Morgan fingerprint density at radius 1 is 0.833 bits per heavy atom. The van der Waals surface area contributed by atoms with Crippen LogP contribution < -0.4 is 16.0 Å². The lowest BCUT2D eigenvalue weighted by molar-refractivity contribution is -0.119. The van der Waals surface area contributed by atoms with E-state index in [1.165, 1.54) is 0 Å². The van der Waals surface area contributed by atoms with Gasteiger partial charge in [0.2, 0.25) is 5.91 Å². The quantitative estimate of drug-likeness (QED) is 0.472. The van der Waals surface area contributed by atoms with Crippen molar-refractivity contribution in [1.29, 1.82) is 0 Å². The third-order valence-corrected chi connectivity index (χ3v) is 4.82. The van der Waals surface area contributed by atoms with Crippen molar-refractivity contribution in [3.05, 3.63) is 95.0 Å². The predicted molar refractivity (Wildman–Crippen MR) is 125 cm³/mol. The Labute approximate surface area is 185 Å². The Hall–Kier alpha value is -3.22. The number of anilines is 2. The molecule has 3 aromatic carbocycles. The normalized spacial score (nSPS) is 10.2. The number of carbonyl (C=O) groups excluding carboxylic acids is 2. The largest absolute Gasteiger partial charge is 0.332 e. The average Bonchev–Trinajstić information content (AvgIpc) is 2.74. The highest BCUT2D eigenvalue weighted by Crippen LogP contribution is 2.17. The lowest BCUT2D eigenvalue weighted by atomic mass is 10.1. The number of carbonyl (C=O) groups is 2. The molecular weight excluding hydrogens is 418 g/mol. The second-order valence-electron chi connectivity index (χ2n) is 6.49. The van der Waals surface area contributed by atoms with Crippen LogP contribution in [0.4, 0.5) is 11.4 Å². The van der Waals surface area contributed by atoms with Crippen LogP contribution in [0.3, 0.4) is 0 Å². The van der Waals surface area contributed by atoms with E-state index in [2.05, 4.69) is 16.0 Å². The highest BCUT2D eigenvalue weighted by Gasteiger charge is 2.09. The third-order valence-electron chi connectivity index (χ3n) is 4.25. The van der Waals surface area contributed by atoms with Gasteiger partial charge in [0.25, 0.3) is 5.91 Å². The van der Waals surface area contributed by atoms with Gasteiger partial charge in [0.15, 0.2) is 5.11 Å². The van der Waals surface area contributed by atoms with Crippen molar-refractivity contribution >= 4 is 52.1 Å². The van der Waals surface area contributed by atoms with Gasteiger partial charge >= 0.3 is 0 Å². The van der Waals surface area contributed by atoms with E-state index in [9.17, 15) is 9.59 Å². The Kier molecular flexibility index (Phi) is 7.54. The first-order chi connectivity index (χ1) is 14.5. The molecule has 0 heterocycles. The molecule has 7 heteroatoms. The average molecular weight is 438 g/mol. The Morgan fingerprint density at radius 2 is 1.50 bits per heavy atom. The molecule has 3 aromatic rings. The molecule has 2 amide bonds. The van der Waals surface area contributed by atoms with Crippen LogP contribution in [0.1, 0.15) is 22.3 Å². The van der Waals surface area contributed by atoms with E-state index in [-0.39, 0.29) is 23.3 Å². The molecule has 0 spiro atoms. The molecule has 0 fully saturated rings. The van der Waals surface area contributed by atoms with Gasteiger partial charge in [-0.15, -0.1) is 0 Å². The minimum Gasteiger partial charge on any atom is -0.332 e. The topological polar surface area (TPSA) is 70.2 Å². The Bertz CT molecular complexity index is 1060. The molecule has 3 N–H and O–H groups in total. The summed E-state index contributed by atoms with van der Waals surface area (Å²) in [4.78, 5) is 24.4. The van der Waals surface area contributed by atoms with Gasteiger partial charge in [-0.25, -0.2) is 0 Å². The van der Waals surface area contributed by atoms with Crippen molar-refractivity contribution < 1.29 is 9.59 Å². The smallest absolute Gasteiger partial charge is 0.255 e. The standard InChI is InChI=1S/C23H20ClN3O2S/c24-20-12-5-4-7-16(20)13-14-21(28)27-23(30)26-19-11-6-10-18(15-19)25-22(29)17-8-2-1-3-9-17/h1-12,15H,13-14H2,(H,25,29)(H2,26,27,28,30). The molecule has 0 aliphatic rings. The third kappa shape index (κ3) is 6.40. The summed E-state index contributed by atoms with van der Waals surface area (Å²) >= 11 is 11.3. The lowest BCUT2D eigenvalue weighted by Gasteiger charge is -2.12. The van der Waals surface area contributed by atoms with Crippen molar-refractivity contribution in [1.82, 2.24) is 5.32 Å². The highest BCUT2D eigenvalue weighted by molar-refractivity contribution is 7.80. The zero-order chi connectivity index (χ0) is 21.3. The Morgan fingerprint density at radius 3 is 2.23 bits per heavy atom. The molecule has 0 aliphatic heterocycles. The molecule has 3 rings (SSSR count). The van der Waals surface area contributed by atoms with E-state index < -0.39 is 0 Å². The minimum absolute atomic E-state index is 0.186. The van der Waals surface area contributed by atoms with E-state index in [1.54, 1.807) is 54.6 Å². The van der Waals surface area contributed by atoms with Gasteiger partial charge in [0.1, 0.15) is 0 Å². The van der Waals surface area contributed by atoms with E-state index >= 15 is 0 Å². The fraction of sp³-hybridized carbons (Fsp3) is 0.0870. The number of thiocarbonyl (C=S) groups is 1. The predicted octanol–water partition coefficient (Wildman–Crippen LogP) is 5.04. The van der Waals surface area contributed by atoms with Gasteiger partial charge in [0, 0.05) is 28.4 Å². The summed E-state index contributed by atoms with van der Waals surface area (Å²) < 4.78 is 0. The monoisotopic (exact) mass is 437 g/mol. The summed E-state index contributed by atoms with van der Waals surface area (Å²) in [5.74, 6) is -0.413. The molecule has 0 radical (unpaired) electrons.